The zero-order valence-electron chi connectivity index (χ0n) is 9.95. The lowest BCUT2D eigenvalue weighted by Crippen LogP contribution is -2.42. The summed E-state index contributed by atoms with van der Waals surface area (Å²) in [6.45, 7) is 3.14. The first kappa shape index (κ1) is 13.4. The SMILES string of the molecule is CNC(=O)CN1CCC(OCCCO)CC1. The molecule has 2 N–H and O–H groups in total. The Balaban J connectivity index is 2.11. The van der Waals surface area contributed by atoms with E-state index in [-0.39, 0.29) is 12.5 Å². The van der Waals surface area contributed by atoms with Crippen molar-refractivity contribution in [2.75, 3.05) is 39.9 Å². The second kappa shape index (κ2) is 7.60. The lowest BCUT2D eigenvalue weighted by molar-refractivity contribution is -0.122. The number of aliphatic hydroxyl groups is 1. The molecule has 5 nitrogen and oxygen atoms in total. The van der Waals surface area contributed by atoms with Crippen LogP contribution in [-0.4, -0.2) is 61.9 Å². The summed E-state index contributed by atoms with van der Waals surface area (Å²) in [7, 11) is 1.66. The summed E-state index contributed by atoms with van der Waals surface area (Å²) in [5, 5.41) is 11.3. The van der Waals surface area contributed by atoms with Gasteiger partial charge in [0, 0.05) is 33.4 Å². The Morgan fingerprint density at radius 2 is 2.19 bits per heavy atom. The van der Waals surface area contributed by atoms with Crippen molar-refractivity contribution in [3.05, 3.63) is 0 Å². The normalized spacial score (nSPS) is 18.6. The molecule has 1 aliphatic rings. The van der Waals surface area contributed by atoms with Gasteiger partial charge in [-0.15, -0.1) is 0 Å². The van der Waals surface area contributed by atoms with Crippen LogP contribution in [-0.2, 0) is 9.53 Å². The highest BCUT2D eigenvalue weighted by Crippen LogP contribution is 2.13. The van der Waals surface area contributed by atoms with Crippen molar-refractivity contribution in [2.45, 2.75) is 25.4 Å². The molecule has 1 fully saturated rings. The number of likely N-dealkylation sites (tertiary alicyclic amines) is 1. The molecule has 1 aliphatic heterocycles. The van der Waals surface area contributed by atoms with Crippen LogP contribution in [0.1, 0.15) is 19.3 Å². The highest BCUT2D eigenvalue weighted by atomic mass is 16.5. The summed E-state index contributed by atoms with van der Waals surface area (Å²) in [6, 6.07) is 0. The van der Waals surface area contributed by atoms with Crippen molar-refractivity contribution in [3.8, 4) is 0 Å². The van der Waals surface area contributed by atoms with Crippen LogP contribution in [0.25, 0.3) is 0 Å². The van der Waals surface area contributed by atoms with E-state index in [1.165, 1.54) is 0 Å². The summed E-state index contributed by atoms with van der Waals surface area (Å²) >= 11 is 0. The fraction of sp³-hybridized carbons (Fsp3) is 0.909. The van der Waals surface area contributed by atoms with Crippen LogP contribution in [0.15, 0.2) is 0 Å². The minimum Gasteiger partial charge on any atom is -0.396 e. The third kappa shape index (κ3) is 4.92. The van der Waals surface area contributed by atoms with Gasteiger partial charge in [-0.3, -0.25) is 9.69 Å². The topological polar surface area (TPSA) is 61.8 Å². The molecule has 1 saturated heterocycles. The molecule has 0 aromatic carbocycles. The largest absolute Gasteiger partial charge is 0.396 e. The van der Waals surface area contributed by atoms with Crippen LogP contribution in [0.2, 0.25) is 0 Å². The number of nitrogens with zero attached hydrogens (tertiary/aromatic N) is 1. The van der Waals surface area contributed by atoms with Crippen LogP contribution in [0.4, 0.5) is 0 Å². The van der Waals surface area contributed by atoms with Gasteiger partial charge in [0.15, 0.2) is 0 Å². The molecule has 0 aromatic heterocycles. The monoisotopic (exact) mass is 230 g/mol. The van der Waals surface area contributed by atoms with E-state index in [0.717, 1.165) is 25.9 Å². The molecule has 94 valence electrons. The second-order valence-corrected chi connectivity index (χ2v) is 4.10. The number of piperidine rings is 1. The van der Waals surface area contributed by atoms with Crippen LogP contribution >= 0.6 is 0 Å². The quantitative estimate of drug-likeness (QED) is 0.609. The minimum atomic E-state index is 0.0691. The highest BCUT2D eigenvalue weighted by molar-refractivity contribution is 5.77. The van der Waals surface area contributed by atoms with Crippen molar-refractivity contribution in [2.24, 2.45) is 0 Å². The van der Waals surface area contributed by atoms with Gasteiger partial charge in [-0.25, -0.2) is 0 Å². The number of carbonyl (C=O) groups is 1. The van der Waals surface area contributed by atoms with Gasteiger partial charge < -0.3 is 15.2 Å². The summed E-state index contributed by atoms with van der Waals surface area (Å²) in [5.74, 6) is 0.0691. The zero-order chi connectivity index (χ0) is 11.8. The number of hydrogen-bond acceptors (Lipinski definition) is 4. The van der Waals surface area contributed by atoms with E-state index in [0.29, 0.717) is 25.7 Å². The van der Waals surface area contributed by atoms with Gasteiger partial charge in [0.05, 0.1) is 12.6 Å². The van der Waals surface area contributed by atoms with Gasteiger partial charge in [-0.2, -0.15) is 0 Å². The summed E-state index contributed by atoms with van der Waals surface area (Å²) < 4.78 is 5.62. The molecular weight excluding hydrogens is 208 g/mol. The number of nitrogens with one attached hydrogen (secondary N) is 1. The maximum Gasteiger partial charge on any atom is 0.233 e. The molecule has 0 unspecified atom stereocenters. The van der Waals surface area contributed by atoms with Gasteiger partial charge in [-0.05, 0) is 19.3 Å². The zero-order valence-corrected chi connectivity index (χ0v) is 9.95. The molecule has 1 heterocycles. The van der Waals surface area contributed by atoms with Crippen LogP contribution < -0.4 is 5.32 Å². The van der Waals surface area contributed by atoms with Gasteiger partial charge in [0.1, 0.15) is 0 Å². The molecule has 5 heteroatoms. The number of amides is 1. The summed E-state index contributed by atoms with van der Waals surface area (Å²) in [4.78, 5) is 13.3. The Kier molecular flexibility index (Phi) is 6.37. The van der Waals surface area contributed by atoms with E-state index in [1.807, 2.05) is 0 Å². The van der Waals surface area contributed by atoms with Gasteiger partial charge in [0.25, 0.3) is 0 Å². The number of rotatable bonds is 6. The lowest BCUT2D eigenvalue weighted by Gasteiger charge is -2.31. The van der Waals surface area contributed by atoms with Crippen molar-refractivity contribution in [1.29, 1.82) is 0 Å². The Morgan fingerprint density at radius 3 is 2.75 bits per heavy atom. The average Bonchev–Trinajstić information content (AvgIpc) is 2.31. The molecule has 0 saturated carbocycles. The smallest absolute Gasteiger partial charge is 0.233 e. The summed E-state index contributed by atoms with van der Waals surface area (Å²) in [5.41, 5.74) is 0. The minimum absolute atomic E-state index is 0.0691. The number of aliphatic hydroxyl groups excluding tert-OH is 1. The van der Waals surface area contributed by atoms with Crippen molar-refractivity contribution >= 4 is 5.91 Å². The first-order chi connectivity index (χ1) is 7.76. The lowest BCUT2D eigenvalue weighted by atomic mass is 10.1. The second-order valence-electron chi connectivity index (χ2n) is 4.10. The van der Waals surface area contributed by atoms with E-state index >= 15 is 0 Å². The fourth-order valence-electron chi connectivity index (χ4n) is 1.83. The van der Waals surface area contributed by atoms with Crippen LogP contribution in [0, 0.1) is 0 Å². The molecule has 0 aromatic rings. The highest BCUT2D eigenvalue weighted by Gasteiger charge is 2.20. The van der Waals surface area contributed by atoms with Crippen LogP contribution in [0.3, 0.4) is 0 Å². The average molecular weight is 230 g/mol. The van der Waals surface area contributed by atoms with Crippen LogP contribution in [0.5, 0.6) is 0 Å². The van der Waals surface area contributed by atoms with E-state index in [1.54, 1.807) is 7.05 Å². The molecular formula is C11H22N2O3. The van der Waals surface area contributed by atoms with Crippen molar-refractivity contribution in [3.63, 3.8) is 0 Å². The number of ether oxygens (including phenoxy) is 1. The Morgan fingerprint density at radius 1 is 1.50 bits per heavy atom. The molecule has 1 amide bonds. The van der Waals surface area contributed by atoms with E-state index < -0.39 is 0 Å². The fourth-order valence-corrected chi connectivity index (χ4v) is 1.83. The molecule has 1 rings (SSSR count). The predicted molar refractivity (Wildman–Crippen MR) is 61.2 cm³/mol. The molecule has 0 radical (unpaired) electrons. The van der Waals surface area contributed by atoms with E-state index in [9.17, 15) is 4.79 Å². The maximum absolute atomic E-state index is 11.2. The molecule has 0 bridgehead atoms. The standard InChI is InChI=1S/C11H22N2O3/c1-12-11(15)9-13-5-3-10(4-6-13)16-8-2-7-14/h10,14H,2-9H2,1H3,(H,12,15). The summed E-state index contributed by atoms with van der Waals surface area (Å²) in [6.07, 6.45) is 2.95. The van der Waals surface area contributed by atoms with E-state index in [2.05, 4.69) is 10.2 Å². The van der Waals surface area contributed by atoms with Crippen molar-refractivity contribution < 1.29 is 14.6 Å². The molecule has 0 atom stereocenters. The third-order valence-electron chi connectivity index (χ3n) is 2.84. The number of hydrogen-bond donors (Lipinski definition) is 2. The van der Waals surface area contributed by atoms with Gasteiger partial charge in [-0.1, -0.05) is 0 Å². The predicted octanol–water partition coefficient (Wildman–Crippen LogP) is -0.404. The first-order valence-electron chi connectivity index (χ1n) is 5.91. The van der Waals surface area contributed by atoms with Gasteiger partial charge >= 0.3 is 0 Å². The number of likely N-dealkylation sites (N-methyl/N-ethyl adjacent to an activating group) is 1. The number of carbonyl (C=O) groups excluding carboxylic acids is 1. The Bertz CT molecular complexity index is 203. The Hall–Kier alpha value is -0.650. The maximum atomic E-state index is 11.2. The van der Waals surface area contributed by atoms with Crippen molar-refractivity contribution in [1.82, 2.24) is 10.2 Å². The van der Waals surface area contributed by atoms with E-state index in [4.69, 9.17) is 9.84 Å². The molecule has 0 spiro atoms. The Labute approximate surface area is 96.8 Å². The third-order valence-corrected chi connectivity index (χ3v) is 2.84. The molecule has 0 aliphatic carbocycles. The first-order valence-corrected chi connectivity index (χ1v) is 5.91. The van der Waals surface area contributed by atoms with Gasteiger partial charge in [0.2, 0.25) is 5.91 Å². The molecule has 16 heavy (non-hydrogen) atoms.